The van der Waals surface area contributed by atoms with Crippen LogP contribution >= 0.6 is 0 Å². The van der Waals surface area contributed by atoms with E-state index in [1.165, 1.54) is 13.0 Å². The van der Waals surface area contributed by atoms with Crippen molar-refractivity contribution in [3.05, 3.63) is 57.6 Å². The first-order chi connectivity index (χ1) is 12.5. The van der Waals surface area contributed by atoms with Crippen molar-refractivity contribution in [2.24, 2.45) is 5.10 Å². The molecule has 0 aromatic heterocycles. The molecule has 1 atom stereocenters. The van der Waals surface area contributed by atoms with Crippen molar-refractivity contribution in [2.75, 3.05) is 6.61 Å². The Balaban J connectivity index is 1.68. The fraction of sp³-hybridized carbons (Fsp3) is 0.176. The minimum absolute atomic E-state index is 0.0273. The maximum Gasteiger partial charge on any atom is 0.284 e. The predicted octanol–water partition coefficient (Wildman–Crippen LogP) is 1.90. The second-order valence-electron chi connectivity index (χ2n) is 5.56. The number of para-hydroxylation sites is 2. The SMILES string of the molecule is Cc1cc([N+](=O)[O-])cc(/C=N/NC(=O)C2COc3ccccc3O2)c1O. The van der Waals surface area contributed by atoms with E-state index in [1.807, 2.05) is 0 Å². The third kappa shape index (κ3) is 3.56. The smallest absolute Gasteiger partial charge is 0.284 e. The molecule has 0 bridgehead atoms. The van der Waals surface area contributed by atoms with Gasteiger partial charge < -0.3 is 14.6 Å². The molecule has 9 nitrogen and oxygen atoms in total. The Kier molecular flexibility index (Phi) is 4.70. The number of nitrogens with zero attached hydrogens (tertiary/aromatic N) is 2. The van der Waals surface area contributed by atoms with Gasteiger partial charge in [-0.25, -0.2) is 5.43 Å². The lowest BCUT2D eigenvalue weighted by Gasteiger charge is -2.24. The number of aromatic hydroxyl groups is 1. The number of phenolic OH excluding ortho intramolecular Hbond substituents is 1. The average Bonchev–Trinajstić information content (AvgIpc) is 2.64. The molecule has 2 aromatic carbocycles. The van der Waals surface area contributed by atoms with Gasteiger partial charge in [0.25, 0.3) is 11.6 Å². The summed E-state index contributed by atoms with van der Waals surface area (Å²) in [6, 6.07) is 9.37. The maximum absolute atomic E-state index is 12.1. The normalized spacial score (nSPS) is 15.7. The number of carbonyl (C=O) groups excluding carboxylic acids is 1. The fourth-order valence-electron chi connectivity index (χ4n) is 2.38. The van der Waals surface area contributed by atoms with Gasteiger partial charge in [0.1, 0.15) is 12.4 Å². The molecule has 26 heavy (non-hydrogen) atoms. The number of aryl methyl sites for hydroxylation is 1. The van der Waals surface area contributed by atoms with Gasteiger partial charge in [-0.3, -0.25) is 14.9 Å². The maximum atomic E-state index is 12.1. The molecule has 0 saturated carbocycles. The lowest BCUT2D eigenvalue weighted by atomic mass is 10.1. The molecule has 1 unspecified atom stereocenters. The Morgan fingerprint density at radius 1 is 1.38 bits per heavy atom. The van der Waals surface area contributed by atoms with Gasteiger partial charge in [0.2, 0.25) is 6.10 Å². The number of fused-ring (bicyclic) bond motifs is 1. The number of rotatable bonds is 4. The molecule has 9 heteroatoms. The second-order valence-corrected chi connectivity index (χ2v) is 5.56. The van der Waals surface area contributed by atoms with E-state index in [4.69, 9.17) is 9.47 Å². The van der Waals surface area contributed by atoms with Crippen molar-refractivity contribution in [1.29, 1.82) is 0 Å². The topological polar surface area (TPSA) is 123 Å². The summed E-state index contributed by atoms with van der Waals surface area (Å²) in [6.45, 7) is 1.56. The van der Waals surface area contributed by atoms with Gasteiger partial charge in [-0.15, -0.1) is 0 Å². The monoisotopic (exact) mass is 357 g/mol. The van der Waals surface area contributed by atoms with E-state index in [9.17, 15) is 20.0 Å². The summed E-state index contributed by atoms with van der Waals surface area (Å²) >= 11 is 0. The van der Waals surface area contributed by atoms with Crippen LogP contribution in [-0.4, -0.2) is 34.9 Å². The van der Waals surface area contributed by atoms with E-state index < -0.39 is 16.9 Å². The number of non-ortho nitro benzene ring substituents is 1. The summed E-state index contributed by atoms with van der Waals surface area (Å²) in [5.41, 5.74) is 2.53. The third-order valence-corrected chi connectivity index (χ3v) is 3.70. The number of nitro benzene ring substituents is 1. The first-order valence-electron chi connectivity index (χ1n) is 7.65. The highest BCUT2D eigenvalue weighted by molar-refractivity contribution is 5.87. The Bertz CT molecular complexity index is 896. The van der Waals surface area contributed by atoms with Crippen molar-refractivity contribution in [1.82, 2.24) is 5.43 Å². The van der Waals surface area contributed by atoms with Crippen LogP contribution in [0.3, 0.4) is 0 Å². The second kappa shape index (κ2) is 7.09. The van der Waals surface area contributed by atoms with Crippen LogP contribution in [-0.2, 0) is 4.79 Å². The molecule has 2 aromatic rings. The number of amides is 1. The molecule has 0 fully saturated rings. The highest BCUT2D eigenvalue weighted by Crippen LogP contribution is 2.31. The molecular formula is C17H15N3O6. The number of carbonyl (C=O) groups is 1. The molecule has 0 radical (unpaired) electrons. The third-order valence-electron chi connectivity index (χ3n) is 3.70. The first kappa shape index (κ1) is 17.2. The lowest BCUT2D eigenvalue weighted by molar-refractivity contribution is -0.384. The molecule has 3 rings (SSSR count). The zero-order valence-corrected chi connectivity index (χ0v) is 13.7. The predicted molar refractivity (Wildman–Crippen MR) is 91.6 cm³/mol. The van der Waals surface area contributed by atoms with Crippen LogP contribution in [0.25, 0.3) is 0 Å². The molecule has 0 saturated heterocycles. The number of nitrogens with one attached hydrogen (secondary N) is 1. The van der Waals surface area contributed by atoms with Gasteiger partial charge >= 0.3 is 0 Å². The van der Waals surface area contributed by atoms with Gasteiger partial charge in [0, 0.05) is 17.7 Å². The highest BCUT2D eigenvalue weighted by Gasteiger charge is 2.27. The zero-order valence-electron chi connectivity index (χ0n) is 13.7. The van der Waals surface area contributed by atoms with E-state index in [1.54, 1.807) is 24.3 Å². The number of nitro groups is 1. The minimum Gasteiger partial charge on any atom is -0.507 e. The van der Waals surface area contributed by atoms with Crippen molar-refractivity contribution in [3.8, 4) is 17.2 Å². The molecule has 0 spiro atoms. The quantitative estimate of drug-likeness (QED) is 0.489. The number of phenols is 1. The number of hydrazone groups is 1. The number of ether oxygens (including phenoxy) is 2. The summed E-state index contributed by atoms with van der Waals surface area (Å²) < 4.78 is 11.0. The van der Waals surface area contributed by atoms with Gasteiger partial charge in [0.05, 0.1) is 11.1 Å². The fourth-order valence-corrected chi connectivity index (χ4v) is 2.38. The minimum atomic E-state index is -0.887. The van der Waals surface area contributed by atoms with Crippen LogP contribution in [0.4, 0.5) is 5.69 Å². The summed E-state index contributed by atoms with van der Waals surface area (Å²) in [6.07, 6.45) is 0.243. The van der Waals surface area contributed by atoms with Crippen molar-refractivity contribution in [2.45, 2.75) is 13.0 Å². The van der Waals surface area contributed by atoms with Crippen LogP contribution in [0.5, 0.6) is 17.2 Å². The summed E-state index contributed by atoms with van der Waals surface area (Å²) in [7, 11) is 0. The Morgan fingerprint density at radius 2 is 2.12 bits per heavy atom. The van der Waals surface area contributed by atoms with Crippen LogP contribution in [0.15, 0.2) is 41.5 Å². The molecule has 134 valence electrons. The van der Waals surface area contributed by atoms with Crippen LogP contribution in [0.2, 0.25) is 0 Å². The first-order valence-corrected chi connectivity index (χ1v) is 7.65. The number of hydrogen-bond acceptors (Lipinski definition) is 7. The summed E-state index contributed by atoms with van der Waals surface area (Å²) in [4.78, 5) is 22.4. The van der Waals surface area contributed by atoms with Crippen molar-refractivity contribution >= 4 is 17.8 Å². The molecule has 1 heterocycles. The number of hydrogen-bond donors (Lipinski definition) is 2. The van der Waals surface area contributed by atoms with Crippen LogP contribution in [0, 0.1) is 17.0 Å². The largest absolute Gasteiger partial charge is 0.507 e. The molecule has 1 amide bonds. The summed E-state index contributed by atoms with van der Waals surface area (Å²) in [5, 5.41) is 24.6. The molecular weight excluding hydrogens is 342 g/mol. The van der Waals surface area contributed by atoms with Crippen molar-refractivity contribution < 1.29 is 24.3 Å². The Labute approximate surface area is 148 Å². The van der Waals surface area contributed by atoms with Crippen LogP contribution < -0.4 is 14.9 Å². The van der Waals surface area contributed by atoms with E-state index >= 15 is 0 Å². The standard InChI is InChI=1S/C17H15N3O6/c1-10-6-12(20(23)24)7-11(16(10)21)8-18-19-17(22)15-9-25-13-4-2-3-5-14(13)26-15/h2-8,15,21H,9H2,1H3,(H,19,22)/b18-8+. The van der Waals surface area contributed by atoms with Crippen LogP contribution in [0.1, 0.15) is 11.1 Å². The summed E-state index contributed by atoms with van der Waals surface area (Å²) in [5.74, 6) is 0.309. The molecule has 2 N–H and O–H groups in total. The molecule has 1 aliphatic heterocycles. The van der Waals surface area contributed by atoms with E-state index in [2.05, 4.69) is 10.5 Å². The zero-order chi connectivity index (χ0) is 18.7. The Morgan fingerprint density at radius 3 is 2.85 bits per heavy atom. The molecule has 0 aliphatic carbocycles. The van der Waals surface area contributed by atoms with Gasteiger partial charge in [0.15, 0.2) is 11.5 Å². The highest BCUT2D eigenvalue weighted by atomic mass is 16.6. The van der Waals surface area contributed by atoms with E-state index in [0.717, 1.165) is 12.3 Å². The van der Waals surface area contributed by atoms with Crippen molar-refractivity contribution in [3.63, 3.8) is 0 Å². The Hall–Kier alpha value is -3.62. The van der Waals surface area contributed by atoms with E-state index in [-0.39, 0.29) is 23.6 Å². The van der Waals surface area contributed by atoms with Gasteiger partial charge in [-0.1, -0.05) is 12.1 Å². The van der Waals surface area contributed by atoms with E-state index in [0.29, 0.717) is 17.1 Å². The lowest BCUT2D eigenvalue weighted by Crippen LogP contribution is -2.42. The number of benzene rings is 2. The average molecular weight is 357 g/mol. The van der Waals surface area contributed by atoms with Gasteiger partial charge in [-0.2, -0.15) is 5.10 Å². The van der Waals surface area contributed by atoms with Gasteiger partial charge in [-0.05, 0) is 24.6 Å². The molecule has 1 aliphatic rings.